The molecule has 94 valence electrons. The van der Waals surface area contributed by atoms with E-state index in [0.29, 0.717) is 6.54 Å². The van der Waals surface area contributed by atoms with E-state index in [0.717, 1.165) is 37.6 Å². The van der Waals surface area contributed by atoms with Crippen molar-refractivity contribution in [3.05, 3.63) is 0 Å². The number of hydrogen-bond acceptors (Lipinski definition) is 3. The molecule has 3 heteroatoms. The molecule has 2 fully saturated rings. The maximum absolute atomic E-state index is 5.70. The number of ether oxygens (including phenoxy) is 1. The van der Waals surface area contributed by atoms with E-state index in [1.807, 2.05) is 0 Å². The Morgan fingerprint density at radius 1 is 1.31 bits per heavy atom. The second-order valence-corrected chi connectivity index (χ2v) is 5.69. The predicted molar refractivity (Wildman–Crippen MR) is 66.3 cm³/mol. The first-order valence-electron chi connectivity index (χ1n) is 6.76. The molecule has 2 N–H and O–H groups in total. The zero-order chi connectivity index (χ0) is 11.5. The molecule has 2 aliphatic rings. The van der Waals surface area contributed by atoms with Crippen LogP contribution in [0.4, 0.5) is 0 Å². The van der Waals surface area contributed by atoms with Gasteiger partial charge >= 0.3 is 0 Å². The lowest BCUT2D eigenvalue weighted by Gasteiger charge is -2.44. The van der Waals surface area contributed by atoms with Crippen molar-refractivity contribution in [3.8, 4) is 0 Å². The third kappa shape index (κ3) is 2.76. The number of nitrogens with zero attached hydrogens (tertiary/aromatic N) is 1. The average molecular weight is 226 g/mol. The molecule has 1 heterocycles. The fraction of sp³-hybridized carbons (Fsp3) is 1.00. The molecule has 0 spiro atoms. The monoisotopic (exact) mass is 226 g/mol. The molecule has 16 heavy (non-hydrogen) atoms. The minimum absolute atomic E-state index is 0.264. The van der Waals surface area contributed by atoms with Gasteiger partial charge in [0.05, 0.1) is 12.7 Å². The average Bonchev–Trinajstić information content (AvgIpc) is 2.29. The molecule has 0 amide bonds. The molecule has 0 radical (unpaired) electrons. The summed E-state index contributed by atoms with van der Waals surface area (Å²) < 4.78 is 5.64. The lowest BCUT2D eigenvalue weighted by atomic mass is 9.79. The summed E-state index contributed by atoms with van der Waals surface area (Å²) in [6.07, 6.45) is 4.40. The zero-order valence-electron chi connectivity index (χ0n) is 10.7. The highest BCUT2D eigenvalue weighted by atomic mass is 16.5. The van der Waals surface area contributed by atoms with Gasteiger partial charge in [0.15, 0.2) is 0 Å². The van der Waals surface area contributed by atoms with Gasteiger partial charge in [-0.15, -0.1) is 0 Å². The van der Waals surface area contributed by atoms with Crippen molar-refractivity contribution in [3.63, 3.8) is 0 Å². The Morgan fingerprint density at radius 3 is 2.81 bits per heavy atom. The fourth-order valence-electron chi connectivity index (χ4n) is 3.38. The number of rotatable bonds is 2. The Hall–Kier alpha value is -0.120. The predicted octanol–water partition coefficient (Wildman–Crippen LogP) is 1.47. The van der Waals surface area contributed by atoms with Crippen LogP contribution in [0.2, 0.25) is 0 Å². The lowest BCUT2D eigenvalue weighted by molar-refractivity contribution is -0.0546. The summed E-state index contributed by atoms with van der Waals surface area (Å²) in [5.41, 5.74) is 5.70. The van der Waals surface area contributed by atoms with E-state index in [1.165, 1.54) is 19.3 Å². The Bertz CT molecular complexity index is 222. The van der Waals surface area contributed by atoms with Gasteiger partial charge in [0.1, 0.15) is 0 Å². The van der Waals surface area contributed by atoms with Gasteiger partial charge in [-0.1, -0.05) is 13.8 Å². The van der Waals surface area contributed by atoms with E-state index in [1.54, 1.807) is 0 Å². The van der Waals surface area contributed by atoms with Crippen LogP contribution in [0.1, 0.15) is 33.1 Å². The molecule has 0 bridgehead atoms. The Kier molecular flexibility index (Phi) is 4.22. The second-order valence-electron chi connectivity index (χ2n) is 5.69. The van der Waals surface area contributed by atoms with Crippen molar-refractivity contribution >= 4 is 0 Å². The SMILES string of the molecule is CC1CCC(N2CCOC(CN)C2)C(C)C1. The van der Waals surface area contributed by atoms with E-state index in [2.05, 4.69) is 18.7 Å². The number of nitrogens with two attached hydrogens (primary N) is 1. The third-order valence-electron chi connectivity index (χ3n) is 4.29. The van der Waals surface area contributed by atoms with E-state index < -0.39 is 0 Å². The second kappa shape index (κ2) is 5.48. The van der Waals surface area contributed by atoms with Crippen LogP contribution < -0.4 is 5.73 Å². The number of morpholine rings is 1. The first-order valence-corrected chi connectivity index (χ1v) is 6.76. The maximum Gasteiger partial charge on any atom is 0.0824 e. The van der Waals surface area contributed by atoms with Crippen LogP contribution in [0.5, 0.6) is 0 Å². The third-order valence-corrected chi connectivity index (χ3v) is 4.29. The first-order chi connectivity index (χ1) is 7.70. The molecular weight excluding hydrogens is 200 g/mol. The van der Waals surface area contributed by atoms with Crippen LogP contribution in [0.25, 0.3) is 0 Å². The van der Waals surface area contributed by atoms with Crippen LogP contribution >= 0.6 is 0 Å². The van der Waals surface area contributed by atoms with Crippen molar-refractivity contribution in [2.24, 2.45) is 17.6 Å². The van der Waals surface area contributed by atoms with Crippen LogP contribution in [0.3, 0.4) is 0 Å². The largest absolute Gasteiger partial charge is 0.374 e. The molecule has 2 rings (SSSR count). The molecule has 0 aromatic carbocycles. The van der Waals surface area contributed by atoms with Crippen molar-refractivity contribution < 1.29 is 4.74 Å². The molecule has 3 nitrogen and oxygen atoms in total. The molecule has 1 saturated carbocycles. The van der Waals surface area contributed by atoms with Crippen molar-refractivity contribution in [2.45, 2.75) is 45.3 Å². The summed E-state index contributed by atoms with van der Waals surface area (Å²) in [5.74, 6) is 1.75. The van der Waals surface area contributed by atoms with Crippen LogP contribution in [-0.4, -0.2) is 43.3 Å². The summed E-state index contributed by atoms with van der Waals surface area (Å²) in [4.78, 5) is 2.62. The Labute approximate surface area is 99.3 Å². The molecule has 1 aliphatic carbocycles. The molecule has 1 aliphatic heterocycles. The van der Waals surface area contributed by atoms with Gasteiger partial charge in [-0.2, -0.15) is 0 Å². The summed E-state index contributed by atoms with van der Waals surface area (Å²) in [6.45, 7) is 8.45. The van der Waals surface area contributed by atoms with E-state index in [-0.39, 0.29) is 6.10 Å². The van der Waals surface area contributed by atoms with Gasteiger partial charge in [-0.25, -0.2) is 0 Å². The van der Waals surface area contributed by atoms with Gasteiger partial charge in [-0.3, -0.25) is 4.90 Å². The molecule has 0 aromatic rings. The van der Waals surface area contributed by atoms with Crippen LogP contribution in [-0.2, 0) is 4.74 Å². The fourth-order valence-corrected chi connectivity index (χ4v) is 3.38. The van der Waals surface area contributed by atoms with Gasteiger partial charge in [0.2, 0.25) is 0 Å². The van der Waals surface area contributed by atoms with Crippen molar-refractivity contribution in [2.75, 3.05) is 26.2 Å². The van der Waals surface area contributed by atoms with Gasteiger partial charge in [-0.05, 0) is 31.1 Å². The van der Waals surface area contributed by atoms with E-state index in [4.69, 9.17) is 10.5 Å². The lowest BCUT2D eigenvalue weighted by Crippen LogP contribution is -2.52. The van der Waals surface area contributed by atoms with Gasteiger partial charge in [0.25, 0.3) is 0 Å². The highest BCUT2D eigenvalue weighted by molar-refractivity contribution is 4.86. The Balaban J connectivity index is 1.90. The highest BCUT2D eigenvalue weighted by Gasteiger charge is 2.32. The minimum Gasteiger partial charge on any atom is -0.374 e. The molecule has 0 aromatic heterocycles. The highest BCUT2D eigenvalue weighted by Crippen LogP contribution is 2.32. The Morgan fingerprint density at radius 2 is 2.12 bits per heavy atom. The maximum atomic E-state index is 5.70. The topological polar surface area (TPSA) is 38.5 Å². The first kappa shape index (κ1) is 12.3. The van der Waals surface area contributed by atoms with E-state index >= 15 is 0 Å². The van der Waals surface area contributed by atoms with Gasteiger partial charge in [0, 0.05) is 25.7 Å². The van der Waals surface area contributed by atoms with E-state index in [9.17, 15) is 0 Å². The summed E-state index contributed by atoms with van der Waals surface area (Å²) in [6, 6.07) is 0.772. The van der Waals surface area contributed by atoms with Crippen molar-refractivity contribution in [1.82, 2.24) is 4.90 Å². The quantitative estimate of drug-likeness (QED) is 0.775. The van der Waals surface area contributed by atoms with Crippen molar-refractivity contribution in [1.29, 1.82) is 0 Å². The molecular formula is C13H26N2O. The van der Waals surface area contributed by atoms with Gasteiger partial charge < -0.3 is 10.5 Å². The standard InChI is InChI=1S/C13H26N2O/c1-10-3-4-13(11(2)7-10)15-5-6-16-12(8-14)9-15/h10-13H,3-9,14H2,1-2H3. The summed E-state index contributed by atoms with van der Waals surface area (Å²) in [7, 11) is 0. The zero-order valence-corrected chi connectivity index (χ0v) is 10.7. The molecule has 1 saturated heterocycles. The minimum atomic E-state index is 0.264. The van der Waals surface area contributed by atoms with Crippen LogP contribution in [0.15, 0.2) is 0 Å². The summed E-state index contributed by atoms with van der Waals surface area (Å²) >= 11 is 0. The summed E-state index contributed by atoms with van der Waals surface area (Å²) in [5, 5.41) is 0. The number of hydrogen-bond donors (Lipinski definition) is 1. The smallest absolute Gasteiger partial charge is 0.0824 e. The molecule has 4 atom stereocenters. The molecule has 4 unspecified atom stereocenters. The normalized spacial score (nSPS) is 42.2. The van der Waals surface area contributed by atoms with Crippen LogP contribution in [0, 0.1) is 11.8 Å².